The maximum absolute atomic E-state index is 13.8. The number of benzene rings is 2. The molecule has 1 N–H and O–H groups in total. The van der Waals surface area contributed by atoms with Crippen LogP contribution in [0.15, 0.2) is 42.5 Å². The standard InChI is InChI=1S/C23H29FN2O/c1-16-17(2)20(24)13-12-19(16)22(27)25-21(18-10-6-5-7-11-18)23(3,4)26-14-8-9-15-26/h5-7,10-13,21H,8-9,14-15H2,1-4H3,(H,25,27). The Hall–Kier alpha value is -2.20. The Morgan fingerprint density at radius 1 is 1.04 bits per heavy atom. The molecule has 4 heteroatoms. The SMILES string of the molecule is Cc1c(F)ccc(C(=O)NC(c2ccccc2)C(C)(C)N2CCCC2)c1C. The second kappa shape index (κ2) is 7.81. The van der Waals surface area contributed by atoms with Gasteiger partial charge in [0.2, 0.25) is 0 Å². The quantitative estimate of drug-likeness (QED) is 0.823. The fourth-order valence-electron chi connectivity index (χ4n) is 4.03. The Balaban J connectivity index is 1.94. The molecule has 0 spiro atoms. The molecule has 0 saturated carbocycles. The van der Waals surface area contributed by atoms with E-state index in [2.05, 4.69) is 36.2 Å². The van der Waals surface area contributed by atoms with Crippen LogP contribution in [0.5, 0.6) is 0 Å². The highest BCUT2D eigenvalue weighted by Crippen LogP contribution is 2.34. The average molecular weight is 368 g/mol. The number of hydrogen-bond donors (Lipinski definition) is 1. The predicted octanol–water partition coefficient (Wildman–Crippen LogP) is 4.79. The van der Waals surface area contributed by atoms with Crippen LogP contribution in [0.2, 0.25) is 0 Å². The molecule has 1 heterocycles. The minimum atomic E-state index is -0.277. The van der Waals surface area contributed by atoms with Crippen molar-refractivity contribution in [1.29, 1.82) is 0 Å². The molecule has 1 aliphatic rings. The van der Waals surface area contributed by atoms with Crippen molar-refractivity contribution in [3.8, 4) is 0 Å². The summed E-state index contributed by atoms with van der Waals surface area (Å²) in [5, 5.41) is 3.25. The molecule has 0 aromatic heterocycles. The summed E-state index contributed by atoms with van der Waals surface area (Å²) >= 11 is 0. The summed E-state index contributed by atoms with van der Waals surface area (Å²) in [7, 11) is 0. The van der Waals surface area contributed by atoms with Gasteiger partial charge in [0, 0.05) is 11.1 Å². The third-order valence-corrected chi connectivity index (χ3v) is 6.00. The molecular formula is C23H29FN2O. The zero-order chi connectivity index (χ0) is 19.6. The van der Waals surface area contributed by atoms with E-state index in [1.54, 1.807) is 19.9 Å². The number of carbonyl (C=O) groups excluding carboxylic acids is 1. The number of nitrogens with zero attached hydrogens (tertiary/aromatic N) is 1. The zero-order valence-electron chi connectivity index (χ0n) is 16.7. The predicted molar refractivity (Wildman–Crippen MR) is 107 cm³/mol. The highest BCUT2D eigenvalue weighted by Gasteiger charge is 2.38. The molecule has 1 atom stereocenters. The largest absolute Gasteiger partial charge is 0.343 e. The van der Waals surface area contributed by atoms with E-state index in [1.807, 2.05) is 18.2 Å². The first-order valence-electron chi connectivity index (χ1n) is 9.69. The van der Waals surface area contributed by atoms with E-state index in [0.717, 1.165) is 18.7 Å². The van der Waals surface area contributed by atoms with Crippen LogP contribution in [0.25, 0.3) is 0 Å². The molecule has 1 fully saturated rings. The van der Waals surface area contributed by atoms with E-state index in [-0.39, 0.29) is 23.3 Å². The van der Waals surface area contributed by atoms with E-state index < -0.39 is 0 Å². The van der Waals surface area contributed by atoms with Crippen molar-refractivity contribution < 1.29 is 9.18 Å². The van der Waals surface area contributed by atoms with Crippen LogP contribution in [0, 0.1) is 19.7 Å². The minimum Gasteiger partial charge on any atom is -0.343 e. The molecule has 2 aromatic carbocycles. The van der Waals surface area contributed by atoms with Crippen molar-refractivity contribution in [3.63, 3.8) is 0 Å². The molecule has 3 nitrogen and oxygen atoms in total. The summed E-state index contributed by atoms with van der Waals surface area (Å²) in [6.45, 7) is 9.99. The Morgan fingerprint density at radius 2 is 1.67 bits per heavy atom. The van der Waals surface area contributed by atoms with Gasteiger partial charge in [0.1, 0.15) is 5.82 Å². The Labute approximate surface area is 161 Å². The van der Waals surface area contributed by atoms with Crippen LogP contribution in [0.4, 0.5) is 4.39 Å². The highest BCUT2D eigenvalue weighted by atomic mass is 19.1. The first kappa shape index (κ1) is 19.6. The summed E-state index contributed by atoms with van der Waals surface area (Å²) in [5.74, 6) is -0.433. The fourth-order valence-corrected chi connectivity index (χ4v) is 4.03. The number of hydrogen-bond acceptors (Lipinski definition) is 2. The van der Waals surface area contributed by atoms with Crippen LogP contribution in [-0.4, -0.2) is 29.4 Å². The minimum absolute atomic E-state index is 0.156. The Kier molecular flexibility index (Phi) is 5.66. The molecule has 1 saturated heterocycles. The Bertz CT molecular complexity index is 811. The highest BCUT2D eigenvalue weighted by molar-refractivity contribution is 5.96. The second-order valence-electron chi connectivity index (χ2n) is 8.01. The summed E-state index contributed by atoms with van der Waals surface area (Å²) in [5.41, 5.74) is 2.61. The molecule has 0 bridgehead atoms. The second-order valence-corrected chi connectivity index (χ2v) is 8.01. The lowest BCUT2D eigenvalue weighted by molar-refractivity contribution is 0.0778. The lowest BCUT2D eigenvalue weighted by Crippen LogP contribution is -2.52. The third kappa shape index (κ3) is 3.91. The van der Waals surface area contributed by atoms with Crippen LogP contribution in [0.1, 0.15) is 59.8 Å². The van der Waals surface area contributed by atoms with Gasteiger partial charge < -0.3 is 5.32 Å². The van der Waals surface area contributed by atoms with E-state index in [4.69, 9.17) is 0 Å². The van der Waals surface area contributed by atoms with Gasteiger partial charge in [0.05, 0.1) is 6.04 Å². The molecule has 0 radical (unpaired) electrons. The van der Waals surface area contributed by atoms with Crippen LogP contribution >= 0.6 is 0 Å². The van der Waals surface area contributed by atoms with Crippen LogP contribution < -0.4 is 5.32 Å². The molecule has 1 unspecified atom stereocenters. The summed E-state index contributed by atoms with van der Waals surface area (Å²) in [6, 6.07) is 12.9. The van der Waals surface area contributed by atoms with Crippen molar-refractivity contribution in [2.24, 2.45) is 0 Å². The van der Waals surface area contributed by atoms with E-state index in [9.17, 15) is 9.18 Å². The molecule has 1 aliphatic heterocycles. The number of carbonyl (C=O) groups is 1. The van der Waals surface area contributed by atoms with Crippen molar-refractivity contribution in [2.45, 2.75) is 52.1 Å². The van der Waals surface area contributed by atoms with Gasteiger partial charge in [-0.3, -0.25) is 9.69 Å². The zero-order valence-corrected chi connectivity index (χ0v) is 16.7. The van der Waals surface area contributed by atoms with Gasteiger partial charge in [0.25, 0.3) is 5.91 Å². The van der Waals surface area contributed by atoms with Crippen LogP contribution in [-0.2, 0) is 0 Å². The van der Waals surface area contributed by atoms with Gasteiger partial charge >= 0.3 is 0 Å². The first-order chi connectivity index (χ1) is 12.8. The summed E-state index contributed by atoms with van der Waals surface area (Å²) in [6.07, 6.45) is 2.38. The van der Waals surface area contributed by atoms with Gasteiger partial charge in [-0.25, -0.2) is 4.39 Å². The van der Waals surface area contributed by atoms with E-state index >= 15 is 0 Å². The molecule has 144 valence electrons. The fraction of sp³-hybridized carbons (Fsp3) is 0.435. The van der Waals surface area contributed by atoms with E-state index in [1.165, 1.54) is 18.9 Å². The molecule has 2 aromatic rings. The van der Waals surface area contributed by atoms with Crippen molar-refractivity contribution in [2.75, 3.05) is 13.1 Å². The summed E-state index contributed by atoms with van der Waals surface area (Å²) < 4.78 is 13.8. The van der Waals surface area contributed by atoms with Gasteiger partial charge in [-0.1, -0.05) is 30.3 Å². The normalized spacial score (nSPS) is 16.3. The number of rotatable bonds is 5. The molecule has 27 heavy (non-hydrogen) atoms. The molecular weight excluding hydrogens is 339 g/mol. The molecule has 0 aliphatic carbocycles. The third-order valence-electron chi connectivity index (χ3n) is 6.00. The monoisotopic (exact) mass is 368 g/mol. The lowest BCUT2D eigenvalue weighted by atomic mass is 9.86. The van der Waals surface area contributed by atoms with Gasteiger partial charge in [-0.15, -0.1) is 0 Å². The van der Waals surface area contributed by atoms with E-state index in [0.29, 0.717) is 16.7 Å². The van der Waals surface area contributed by atoms with Crippen molar-refractivity contribution in [3.05, 3.63) is 70.5 Å². The number of likely N-dealkylation sites (tertiary alicyclic amines) is 1. The van der Waals surface area contributed by atoms with Crippen molar-refractivity contribution in [1.82, 2.24) is 10.2 Å². The first-order valence-corrected chi connectivity index (χ1v) is 9.69. The molecule has 3 rings (SSSR count). The number of amides is 1. The number of halogens is 1. The average Bonchev–Trinajstić information content (AvgIpc) is 3.20. The maximum Gasteiger partial charge on any atom is 0.252 e. The maximum atomic E-state index is 13.8. The van der Waals surface area contributed by atoms with Gasteiger partial charge in [-0.2, -0.15) is 0 Å². The molecule has 1 amide bonds. The summed E-state index contributed by atoms with van der Waals surface area (Å²) in [4.78, 5) is 15.6. The van der Waals surface area contributed by atoms with Gasteiger partial charge in [-0.05, 0) is 82.4 Å². The van der Waals surface area contributed by atoms with Gasteiger partial charge in [0.15, 0.2) is 0 Å². The van der Waals surface area contributed by atoms with Crippen molar-refractivity contribution >= 4 is 5.91 Å². The lowest BCUT2D eigenvalue weighted by Gasteiger charge is -2.42. The smallest absolute Gasteiger partial charge is 0.252 e. The Morgan fingerprint density at radius 3 is 2.30 bits per heavy atom. The van der Waals surface area contributed by atoms with Crippen LogP contribution in [0.3, 0.4) is 0 Å². The number of nitrogens with one attached hydrogen (secondary N) is 1. The topological polar surface area (TPSA) is 32.3 Å².